The second-order valence-corrected chi connectivity index (χ2v) is 6.25. The van der Waals surface area contributed by atoms with Crippen molar-refractivity contribution in [3.63, 3.8) is 0 Å². The molecule has 1 aliphatic carbocycles. The number of nitrogens with zero attached hydrogens (tertiary/aromatic N) is 1. The molecule has 21 heavy (non-hydrogen) atoms. The van der Waals surface area contributed by atoms with Crippen LogP contribution in [0.25, 0.3) is 0 Å². The number of carboxylic acids is 2. The summed E-state index contributed by atoms with van der Waals surface area (Å²) in [4.78, 5) is 22.2. The summed E-state index contributed by atoms with van der Waals surface area (Å²) in [6.45, 7) is 0. The van der Waals surface area contributed by atoms with Crippen LogP contribution in [0.3, 0.4) is 0 Å². The van der Waals surface area contributed by atoms with Crippen molar-refractivity contribution in [2.45, 2.75) is 43.8 Å². The Bertz CT molecular complexity index is 421. The summed E-state index contributed by atoms with van der Waals surface area (Å²) in [5.74, 6) is -2.38. The summed E-state index contributed by atoms with van der Waals surface area (Å²) in [5.41, 5.74) is 1.42. The van der Waals surface area contributed by atoms with Crippen molar-refractivity contribution in [2.24, 2.45) is 0 Å². The predicted molar refractivity (Wildman–Crippen MR) is 82.5 cm³/mol. The molecule has 0 atom stereocenters. The summed E-state index contributed by atoms with van der Waals surface area (Å²) >= 11 is 2.17. The van der Waals surface area contributed by atoms with Crippen molar-refractivity contribution in [3.05, 3.63) is 30.1 Å². The first kappa shape index (κ1) is 17.5. The predicted octanol–water partition coefficient (Wildman–Crippen LogP) is 2.85. The van der Waals surface area contributed by atoms with Crippen molar-refractivity contribution in [3.8, 4) is 0 Å². The van der Waals surface area contributed by atoms with E-state index in [-0.39, 0.29) is 0 Å². The van der Waals surface area contributed by atoms with Crippen LogP contribution in [-0.2, 0) is 16.0 Å². The Balaban J connectivity index is 0.000000315. The zero-order chi connectivity index (χ0) is 15.5. The number of pyridine rings is 1. The standard InChI is InChI=1S/C13H19NS.C2H2O4/c1-2-4-13(5-3-1)15-11-8-12-6-9-14-10-7-12;3-1(4)2(5)6/h6-7,9-10,13H,1-5,8,11H2;(H,3,4)(H,5,6). The van der Waals surface area contributed by atoms with E-state index in [1.807, 2.05) is 12.4 Å². The van der Waals surface area contributed by atoms with Gasteiger partial charge in [0.15, 0.2) is 0 Å². The van der Waals surface area contributed by atoms with Gasteiger partial charge in [0.1, 0.15) is 0 Å². The molecular weight excluding hydrogens is 290 g/mol. The van der Waals surface area contributed by atoms with Gasteiger partial charge in [0.2, 0.25) is 0 Å². The van der Waals surface area contributed by atoms with Gasteiger partial charge >= 0.3 is 11.9 Å². The fraction of sp³-hybridized carbons (Fsp3) is 0.533. The van der Waals surface area contributed by atoms with Gasteiger partial charge in [-0.3, -0.25) is 4.98 Å². The van der Waals surface area contributed by atoms with Crippen molar-refractivity contribution in [1.82, 2.24) is 4.98 Å². The maximum atomic E-state index is 9.10. The van der Waals surface area contributed by atoms with Crippen molar-refractivity contribution >= 4 is 23.7 Å². The first-order valence-electron chi connectivity index (χ1n) is 7.06. The zero-order valence-electron chi connectivity index (χ0n) is 11.9. The van der Waals surface area contributed by atoms with E-state index in [1.165, 1.54) is 49.8 Å². The van der Waals surface area contributed by atoms with Gasteiger partial charge < -0.3 is 10.2 Å². The molecule has 1 aromatic rings. The number of carbonyl (C=O) groups is 2. The molecule has 1 aromatic heterocycles. The number of aryl methyl sites for hydroxylation is 1. The van der Waals surface area contributed by atoms with Gasteiger partial charge in [-0.05, 0) is 42.7 Å². The van der Waals surface area contributed by atoms with Gasteiger partial charge in [-0.25, -0.2) is 9.59 Å². The lowest BCUT2D eigenvalue weighted by Gasteiger charge is -2.20. The normalized spacial score (nSPS) is 14.9. The van der Waals surface area contributed by atoms with E-state index < -0.39 is 11.9 Å². The number of rotatable bonds is 4. The molecular formula is C15H21NO4S. The Labute approximate surface area is 128 Å². The fourth-order valence-corrected chi connectivity index (χ4v) is 3.48. The smallest absolute Gasteiger partial charge is 0.414 e. The van der Waals surface area contributed by atoms with Crippen LogP contribution in [0.2, 0.25) is 0 Å². The minimum atomic E-state index is -1.82. The van der Waals surface area contributed by atoms with Crippen molar-refractivity contribution < 1.29 is 19.8 Å². The van der Waals surface area contributed by atoms with Crippen LogP contribution < -0.4 is 0 Å². The molecule has 0 aliphatic heterocycles. The van der Waals surface area contributed by atoms with E-state index in [0.29, 0.717) is 0 Å². The molecule has 2 rings (SSSR count). The van der Waals surface area contributed by atoms with E-state index >= 15 is 0 Å². The molecule has 0 unspecified atom stereocenters. The average molecular weight is 311 g/mol. The van der Waals surface area contributed by atoms with Gasteiger partial charge in [0.05, 0.1) is 0 Å². The third kappa shape index (κ3) is 8.34. The van der Waals surface area contributed by atoms with Crippen LogP contribution in [0.15, 0.2) is 24.5 Å². The fourth-order valence-electron chi connectivity index (χ4n) is 2.12. The molecule has 0 radical (unpaired) electrons. The number of hydrogen-bond donors (Lipinski definition) is 2. The zero-order valence-corrected chi connectivity index (χ0v) is 12.7. The van der Waals surface area contributed by atoms with Crippen LogP contribution >= 0.6 is 11.8 Å². The van der Waals surface area contributed by atoms with Gasteiger partial charge in [-0.2, -0.15) is 11.8 Å². The highest BCUT2D eigenvalue weighted by molar-refractivity contribution is 7.99. The van der Waals surface area contributed by atoms with Crippen LogP contribution in [0, 0.1) is 0 Å². The molecule has 0 bridgehead atoms. The number of carboxylic acid groups (broad SMARTS) is 2. The third-order valence-electron chi connectivity index (χ3n) is 3.23. The van der Waals surface area contributed by atoms with E-state index in [2.05, 4.69) is 28.9 Å². The summed E-state index contributed by atoms with van der Waals surface area (Å²) in [5, 5.41) is 15.7. The van der Waals surface area contributed by atoms with E-state index in [4.69, 9.17) is 19.8 Å². The first-order valence-corrected chi connectivity index (χ1v) is 8.11. The molecule has 1 heterocycles. The average Bonchev–Trinajstić information content (AvgIpc) is 2.50. The Hall–Kier alpha value is -1.56. The topological polar surface area (TPSA) is 87.5 Å². The Kier molecular flexibility index (Phi) is 8.50. The van der Waals surface area contributed by atoms with Crippen molar-refractivity contribution in [2.75, 3.05) is 5.75 Å². The van der Waals surface area contributed by atoms with Gasteiger partial charge in [-0.1, -0.05) is 19.3 Å². The highest BCUT2D eigenvalue weighted by Gasteiger charge is 2.12. The molecule has 116 valence electrons. The second-order valence-electron chi connectivity index (χ2n) is 4.85. The number of thioether (sulfide) groups is 1. The highest BCUT2D eigenvalue weighted by atomic mass is 32.2. The molecule has 0 spiro atoms. The Morgan fingerprint density at radius 3 is 2.19 bits per heavy atom. The van der Waals surface area contributed by atoms with Gasteiger partial charge in [0.25, 0.3) is 0 Å². The summed E-state index contributed by atoms with van der Waals surface area (Å²) in [6.07, 6.45) is 12.2. The lowest BCUT2D eigenvalue weighted by molar-refractivity contribution is -0.159. The summed E-state index contributed by atoms with van der Waals surface area (Å²) in [7, 11) is 0. The summed E-state index contributed by atoms with van der Waals surface area (Å²) in [6, 6.07) is 4.25. The largest absolute Gasteiger partial charge is 0.473 e. The van der Waals surface area contributed by atoms with Crippen LogP contribution in [0.5, 0.6) is 0 Å². The van der Waals surface area contributed by atoms with Crippen LogP contribution in [-0.4, -0.2) is 38.1 Å². The molecule has 1 aliphatic rings. The maximum absolute atomic E-state index is 9.10. The number of aromatic nitrogens is 1. The number of aliphatic carboxylic acids is 2. The van der Waals surface area contributed by atoms with Gasteiger partial charge in [-0.15, -0.1) is 0 Å². The SMILES string of the molecule is O=C(O)C(=O)O.c1cc(CCSC2CCCCC2)ccn1. The van der Waals surface area contributed by atoms with Crippen LogP contribution in [0.4, 0.5) is 0 Å². The minimum absolute atomic E-state index is 0.945. The molecule has 1 fully saturated rings. The highest BCUT2D eigenvalue weighted by Crippen LogP contribution is 2.28. The lowest BCUT2D eigenvalue weighted by Crippen LogP contribution is -2.09. The molecule has 0 aromatic carbocycles. The van der Waals surface area contributed by atoms with Crippen LogP contribution in [0.1, 0.15) is 37.7 Å². The molecule has 2 N–H and O–H groups in total. The number of hydrogen-bond acceptors (Lipinski definition) is 4. The molecule has 1 saturated carbocycles. The monoisotopic (exact) mass is 311 g/mol. The summed E-state index contributed by atoms with van der Waals surface area (Å²) < 4.78 is 0. The Morgan fingerprint density at radius 1 is 1.10 bits per heavy atom. The minimum Gasteiger partial charge on any atom is -0.473 e. The molecule has 5 nitrogen and oxygen atoms in total. The molecule has 0 amide bonds. The van der Waals surface area contributed by atoms with E-state index in [1.54, 1.807) is 0 Å². The molecule has 6 heteroatoms. The Morgan fingerprint density at radius 2 is 1.67 bits per heavy atom. The van der Waals surface area contributed by atoms with E-state index in [0.717, 1.165) is 5.25 Å². The third-order valence-corrected chi connectivity index (χ3v) is 4.61. The van der Waals surface area contributed by atoms with Crippen molar-refractivity contribution in [1.29, 1.82) is 0 Å². The van der Waals surface area contributed by atoms with E-state index in [9.17, 15) is 0 Å². The quantitative estimate of drug-likeness (QED) is 0.831. The maximum Gasteiger partial charge on any atom is 0.414 e. The van der Waals surface area contributed by atoms with Gasteiger partial charge in [0, 0.05) is 17.6 Å². The second kappa shape index (κ2) is 10.2. The lowest BCUT2D eigenvalue weighted by atomic mass is 10.0. The molecule has 0 saturated heterocycles. The first-order chi connectivity index (χ1) is 10.1.